The lowest BCUT2D eigenvalue weighted by atomic mass is 10.4. The quantitative estimate of drug-likeness (QED) is 0.292. The van der Waals surface area contributed by atoms with Gasteiger partial charge in [0.2, 0.25) is 0 Å². The molecule has 9 nitrogen and oxygen atoms in total. The molecule has 0 radical (unpaired) electrons. The number of aliphatic hydroxyl groups excluding tert-OH is 3. The SMILES string of the molecule is C=C(C)C(=O)O.C=C(C)C(=O)O.C=C(C)C(=O)O.OCP(CO)CO. The van der Waals surface area contributed by atoms with Crippen molar-refractivity contribution < 1.29 is 45.0 Å². The van der Waals surface area contributed by atoms with E-state index in [0.29, 0.717) is 0 Å². The van der Waals surface area contributed by atoms with Crippen molar-refractivity contribution in [3.05, 3.63) is 36.5 Å². The van der Waals surface area contributed by atoms with Gasteiger partial charge in [-0.15, -0.1) is 0 Å². The van der Waals surface area contributed by atoms with Crippen molar-refractivity contribution in [2.24, 2.45) is 0 Å². The monoisotopic (exact) mass is 382 g/mol. The Bertz CT molecular complexity index is 355. The number of aliphatic hydroxyl groups is 3. The maximum Gasteiger partial charge on any atom is 0.330 e. The first kappa shape index (κ1) is 30.8. The molecule has 6 N–H and O–H groups in total. The molecule has 0 saturated carbocycles. The molecular weight excluding hydrogens is 355 g/mol. The standard InChI is InChI=1S/3C4H6O2.C3H9O3P/c3*1-3(2)4(5)6;4-1-7(2-5)3-6/h3*1H2,2H3,(H,5,6);4-6H,1-3H2. The second-order valence-corrected chi connectivity index (χ2v) is 6.54. The minimum atomic E-state index is -0.935. The molecule has 146 valence electrons. The van der Waals surface area contributed by atoms with E-state index in [1.807, 2.05) is 0 Å². The zero-order valence-corrected chi connectivity index (χ0v) is 15.5. The fraction of sp³-hybridized carbons (Fsp3) is 0.400. The summed E-state index contributed by atoms with van der Waals surface area (Å²) in [5.74, 6) is -2.81. The first-order valence-corrected chi connectivity index (χ1v) is 8.39. The van der Waals surface area contributed by atoms with Crippen LogP contribution in [0.5, 0.6) is 0 Å². The zero-order chi connectivity index (χ0) is 21.2. The highest BCUT2D eigenvalue weighted by Crippen LogP contribution is 2.29. The number of carbonyl (C=O) groups is 3. The Balaban J connectivity index is -0.000000118. The third kappa shape index (κ3) is 34.3. The van der Waals surface area contributed by atoms with Gasteiger partial charge < -0.3 is 30.6 Å². The third-order valence-corrected chi connectivity index (χ3v) is 2.90. The average Bonchev–Trinajstić information content (AvgIpc) is 2.50. The summed E-state index contributed by atoms with van der Waals surface area (Å²) < 4.78 is 0. The Morgan fingerprint density at radius 2 is 0.760 bits per heavy atom. The van der Waals surface area contributed by atoms with E-state index in [9.17, 15) is 14.4 Å². The van der Waals surface area contributed by atoms with Gasteiger partial charge in [-0.3, -0.25) is 0 Å². The predicted octanol–water partition coefficient (Wildman–Crippen LogP) is 1.26. The molecule has 0 saturated heterocycles. The van der Waals surface area contributed by atoms with E-state index in [4.69, 9.17) is 30.6 Å². The van der Waals surface area contributed by atoms with E-state index in [1.54, 1.807) is 0 Å². The van der Waals surface area contributed by atoms with E-state index in [2.05, 4.69) is 19.7 Å². The molecule has 0 heterocycles. The van der Waals surface area contributed by atoms with Crippen molar-refractivity contribution in [1.29, 1.82) is 0 Å². The number of hydrogen-bond acceptors (Lipinski definition) is 6. The maximum absolute atomic E-state index is 9.60. The Labute approximate surface area is 148 Å². The van der Waals surface area contributed by atoms with Gasteiger partial charge in [-0.05, 0) is 28.7 Å². The highest BCUT2D eigenvalue weighted by atomic mass is 31.1. The Hall–Kier alpha value is -2.06. The highest BCUT2D eigenvalue weighted by Gasteiger charge is 1.99. The molecular formula is C15H27O9P. The number of carboxylic acids is 3. The van der Waals surface area contributed by atoms with Crippen LogP contribution in [0.3, 0.4) is 0 Å². The predicted molar refractivity (Wildman–Crippen MR) is 95.5 cm³/mol. The smallest absolute Gasteiger partial charge is 0.330 e. The third-order valence-electron chi connectivity index (χ3n) is 1.70. The van der Waals surface area contributed by atoms with E-state index in [1.165, 1.54) is 20.8 Å². The molecule has 25 heavy (non-hydrogen) atoms. The van der Waals surface area contributed by atoms with E-state index >= 15 is 0 Å². The van der Waals surface area contributed by atoms with Crippen LogP contribution >= 0.6 is 7.92 Å². The topological polar surface area (TPSA) is 173 Å². The van der Waals surface area contributed by atoms with Crippen molar-refractivity contribution in [2.45, 2.75) is 20.8 Å². The van der Waals surface area contributed by atoms with Crippen LogP contribution in [0.15, 0.2) is 36.5 Å². The first-order chi connectivity index (χ1) is 11.3. The van der Waals surface area contributed by atoms with Gasteiger partial charge in [0.1, 0.15) is 0 Å². The van der Waals surface area contributed by atoms with Gasteiger partial charge >= 0.3 is 17.9 Å². The summed E-state index contributed by atoms with van der Waals surface area (Å²) in [5, 5.41) is 48.4. The van der Waals surface area contributed by atoms with E-state index in [0.717, 1.165) is 0 Å². The van der Waals surface area contributed by atoms with Gasteiger partial charge in [-0.2, -0.15) is 0 Å². The fourth-order valence-electron chi connectivity index (χ4n) is 0.134. The molecule has 0 amide bonds. The molecule has 0 aliphatic rings. The summed E-state index contributed by atoms with van der Waals surface area (Å²) in [6.45, 7) is 13.8. The van der Waals surface area contributed by atoms with Crippen LogP contribution in [0, 0.1) is 0 Å². The highest BCUT2D eigenvalue weighted by molar-refractivity contribution is 7.56. The van der Waals surface area contributed by atoms with Crippen LogP contribution < -0.4 is 0 Å². The molecule has 0 unspecified atom stereocenters. The van der Waals surface area contributed by atoms with Crippen LogP contribution in [-0.4, -0.2) is 67.6 Å². The second-order valence-electron chi connectivity index (χ2n) is 4.35. The summed E-state index contributed by atoms with van der Waals surface area (Å²) in [6.07, 6.45) is -0.243. The van der Waals surface area contributed by atoms with Crippen LogP contribution in [0.25, 0.3) is 0 Å². The lowest BCUT2D eigenvalue weighted by Gasteiger charge is -2.03. The zero-order valence-electron chi connectivity index (χ0n) is 14.6. The molecule has 0 aromatic rings. The van der Waals surface area contributed by atoms with Crippen molar-refractivity contribution in [3.8, 4) is 0 Å². The van der Waals surface area contributed by atoms with Gasteiger partial charge in [0.05, 0.1) is 19.0 Å². The Kier molecular flexibility index (Phi) is 24.6. The van der Waals surface area contributed by atoms with Crippen LogP contribution in [0.4, 0.5) is 0 Å². The minimum absolute atomic E-state index is 0.0810. The summed E-state index contributed by atoms with van der Waals surface area (Å²) in [5.41, 5.74) is 0.528. The molecule has 0 aliphatic carbocycles. The average molecular weight is 382 g/mol. The number of aliphatic carboxylic acids is 3. The van der Waals surface area contributed by atoms with Crippen molar-refractivity contribution in [3.63, 3.8) is 0 Å². The summed E-state index contributed by atoms with van der Waals surface area (Å²) in [6, 6.07) is 0. The molecule has 0 bridgehead atoms. The molecule has 0 rings (SSSR count). The van der Waals surface area contributed by atoms with Gasteiger partial charge in [0.25, 0.3) is 0 Å². The maximum atomic E-state index is 9.60. The number of carboxylic acid groups (broad SMARTS) is 3. The molecule has 0 aromatic carbocycles. The summed E-state index contributed by atoms with van der Waals surface area (Å²) in [7, 11) is -0.887. The van der Waals surface area contributed by atoms with Crippen molar-refractivity contribution in [1.82, 2.24) is 0 Å². The lowest BCUT2D eigenvalue weighted by molar-refractivity contribution is -0.133. The largest absolute Gasteiger partial charge is 0.478 e. The lowest BCUT2D eigenvalue weighted by Crippen LogP contribution is -1.92. The van der Waals surface area contributed by atoms with Crippen molar-refractivity contribution >= 4 is 25.8 Å². The van der Waals surface area contributed by atoms with Gasteiger partial charge in [0.15, 0.2) is 0 Å². The Morgan fingerprint density at radius 1 is 0.640 bits per heavy atom. The second kappa shape index (κ2) is 20.0. The molecule has 0 fully saturated rings. The summed E-state index contributed by atoms with van der Waals surface area (Å²) in [4.78, 5) is 28.8. The van der Waals surface area contributed by atoms with Crippen LogP contribution in [0.2, 0.25) is 0 Å². The van der Waals surface area contributed by atoms with Gasteiger partial charge in [0, 0.05) is 16.7 Å². The molecule has 10 heteroatoms. The fourth-order valence-corrected chi connectivity index (χ4v) is 0.402. The van der Waals surface area contributed by atoms with Gasteiger partial charge in [-0.1, -0.05) is 19.7 Å². The van der Waals surface area contributed by atoms with Crippen LogP contribution in [-0.2, 0) is 14.4 Å². The molecule has 0 atom stereocenters. The molecule has 0 spiro atoms. The summed E-state index contributed by atoms with van der Waals surface area (Å²) >= 11 is 0. The molecule has 0 aromatic heterocycles. The Morgan fingerprint density at radius 3 is 0.760 bits per heavy atom. The minimum Gasteiger partial charge on any atom is -0.478 e. The van der Waals surface area contributed by atoms with E-state index < -0.39 is 25.8 Å². The van der Waals surface area contributed by atoms with Gasteiger partial charge in [-0.25, -0.2) is 14.4 Å². The van der Waals surface area contributed by atoms with E-state index in [-0.39, 0.29) is 35.8 Å². The van der Waals surface area contributed by atoms with Crippen molar-refractivity contribution in [2.75, 3.05) is 19.0 Å². The normalized spacial score (nSPS) is 8.28. The number of hydrogen-bond donors (Lipinski definition) is 6. The van der Waals surface area contributed by atoms with Crippen LogP contribution in [0.1, 0.15) is 20.8 Å². The molecule has 0 aliphatic heterocycles. The number of rotatable bonds is 6. The first-order valence-electron chi connectivity index (χ1n) is 6.49.